The first-order valence-corrected chi connectivity index (χ1v) is 11.1. The highest BCUT2D eigenvalue weighted by Gasteiger charge is 2.48. The standard InChI is InChI=1S/C28H25NO4/c1-28(2)32-26(30)25(27(31)33-28)24(20-11-7-4-8-12-20)22-17-29-23-16-19(13-14-21(22)23)15-18-9-5-3-6-10-18/h3-14,16-17,24-25,29H,15H2,1-2H3. The van der Waals surface area contributed by atoms with Crippen molar-refractivity contribution in [3.8, 4) is 0 Å². The second-order valence-corrected chi connectivity index (χ2v) is 8.89. The zero-order valence-electron chi connectivity index (χ0n) is 18.6. The number of H-pyrrole nitrogens is 1. The van der Waals surface area contributed by atoms with Gasteiger partial charge in [0.25, 0.3) is 5.79 Å². The third kappa shape index (κ3) is 4.14. The summed E-state index contributed by atoms with van der Waals surface area (Å²) in [5.74, 6) is -4.02. The van der Waals surface area contributed by atoms with Gasteiger partial charge in [0.15, 0.2) is 5.92 Å². The molecule has 1 aliphatic heterocycles. The smallest absolute Gasteiger partial charge is 0.324 e. The molecule has 0 bridgehead atoms. The molecule has 0 spiro atoms. The van der Waals surface area contributed by atoms with Crippen LogP contribution < -0.4 is 0 Å². The van der Waals surface area contributed by atoms with E-state index in [1.807, 2.05) is 54.7 Å². The lowest BCUT2D eigenvalue weighted by Gasteiger charge is -2.36. The molecule has 5 nitrogen and oxygen atoms in total. The zero-order valence-corrected chi connectivity index (χ0v) is 18.6. The molecule has 5 heteroatoms. The molecule has 1 unspecified atom stereocenters. The van der Waals surface area contributed by atoms with Gasteiger partial charge in [-0.3, -0.25) is 9.59 Å². The number of benzene rings is 3. The minimum absolute atomic E-state index is 0.531. The van der Waals surface area contributed by atoms with Crippen LogP contribution in [0.1, 0.15) is 42.0 Å². The van der Waals surface area contributed by atoms with E-state index in [1.165, 1.54) is 11.1 Å². The van der Waals surface area contributed by atoms with E-state index in [-0.39, 0.29) is 0 Å². The van der Waals surface area contributed by atoms with Crippen LogP contribution in [-0.4, -0.2) is 22.7 Å². The number of fused-ring (bicyclic) bond motifs is 1. The number of nitrogens with one attached hydrogen (secondary N) is 1. The fourth-order valence-corrected chi connectivity index (χ4v) is 4.61. The number of hydrogen-bond donors (Lipinski definition) is 1. The van der Waals surface area contributed by atoms with Gasteiger partial charge in [0.05, 0.1) is 0 Å². The maximum atomic E-state index is 13.0. The number of hydrogen-bond acceptors (Lipinski definition) is 4. The third-order valence-electron chi connectivity index (χ3n) is 6.06. The maximum Gasteiger partial charge on any atom is 0.324 e. The van der Waals surface area contributed by atoms with Crippen LogP contribution in [-0.2, 0) is 25.5 Å². The Morgan fingerprint density at radius 1 is 0.848 bits per heavy atom. The van der Waals surface area contributed by atoms with Crippen molar-refractivity contribution in [3.63, 3.8) is 0 Å². The number of cyclic esters (lactones) is 2. The summed E-state index contributed by atoms with van der Waals surface area (Å²) < 4.78 is 10.9. The van der Waals surface area contributed by atoms with E-state index in [4.69, 9.17) is 9.47 Å². The summed E-state index contributed by atoms with van der Waals surface area (Å²) in [4.78, 5) is 29.3. The van der Waals surface area contributed by atoms with Crippen molar-refractivity contribution in [3.05, 3.63) is 107 Å². The summed E-state index contributed by atoms with van der Waals surface area (Å²) >= 11 is 0. The van der Waals surface area contributed by atoms with Gasteiger partial charge in [0.1, 0.15) is 0 Å². The fraction of sp³-hybridized carbons (Fsp3) is 0.214. The monoisotopic (exact) mass is 439 g/mol. The lowest BCUT2D eigenvalue weighted by Crippen LogP contribution is -2.48. The minimum atomic E-state index is -1.27. The number of carbonyl (C=O) groups is 2. The van der Waals surface area contributed by atoms with Crippen molar-refractivity contribution < 1.29 is 19.1 Å². The summed E-state index contributed by atoms with van der Waals surface area (Å²) in [5, 5.41) is 0.964. The van der Waals surface area contributed by atoms with Crippen molar-refractivity contribution in [1.82, 2.24) is 4.98 Å². The van der Waals surface area contributed by atoms with E-state index < -0.39 is 29.6 Å². The third-order valence-corrected chi connectivity index (χ3v) is 6.06. The second-order valence-electron chi connectivity index (χ2n) is 8.89. The van der Waals surface area contributed by atoms with E-state index in [1.54, 1.807) is 13.8 Å². The van der Waals surface area contributed by atoms with Crippen molar-refractivity contribution in [2.75, 3.05) is 0 Å². The lowest BCUT2D eigenvalue weighted by molar-refractivity contribution is -0.240. The first-order chi connectivity index (χ1) is 15.9. The molecule has 4 aromatic rings. The van der Waals surface area contributed by atoms with Gasteiger partial charge in [-0.1, -0.05) is 72.8 Å². The first-order valence-electron chi connectivity index (χ1n) is 11.1. The van der Waals surface area contributed by atoms with Crippen LogP contribution in [0.5, 0.6) is 0 Å². The van der Waals surface area contributed by atoms with Gasteiger partial charge >= 0.3 is 11.9 Å². The van der Waals surface area contributed by atoms with Gasteiger partial charge in [0.2, 0.25) is 0 Å². The molecule has 0 radical (unpaired) electrons. The molecule has 1 fully saturated rings. The van der Waals surface area contributed by atoms with Crippen LogP contribution in [0.25, 0.3) is 10.9 Å². The Labute approximate surface area is 192 Å². The highest BCUT2D eigenvalue weighted by Crippen LogP contribution is 2.40. The molecule has 0 amide bonds. The molecule has 0 aliphatic carbocycles. The summed E-state index contributed by atoms with van der Waals surface area (Å²) in [7, 11) is 0. The van der Waals surface area contributed by atoms with Crippen molar-refractivity contribution >= 4 is 22.8 Å². The molecule has 2 heterocycles. The number of aromatic amines is 1. The van der Waals surface area contributed by atoms with Crippen LogP contribution >= 0.6 is 0 Å². The van der Waals surface area contributed by atoms with Gasteiger partial charge in [-0.15, -0.1) is 0 Å². The molecule has 33 heavy (non-hydrogen) atoms. The maximum absolute atomic E-state index is 13.0. The largest absolute Gasteiger partial charge is 0.422 e. The van der Waals surface area contributed by atoms with Gasteiger partial charge in [-0.05, 0) is 34.7 Å². The van der Waals surface area contributed by atoms with Gasteiger partial charge < -0.3 is 14.5 Å². The molecule has 1 aliphatic rings. The van der Waals surface area contributed by atoms with E-state index in [0.717, 1.165) is 28.5 Å². The van der Waals surface area contributed by atoms with Crippen molar-refractivity contribution in [2.45, 2.75) is 32.0 Å². The molecular formula is C28H25NO4. The Balaban J connectivity index is 1.56. The van der Waals surface area contributed by atoms with Gasteiger partial charge in [-0.2, -0.15) is 0 Å². The molecule has 5 rings (SSSR count). The number of carbonyl (C=O) groups excluding carboxylic acids is 2. The van der Waals surface area contributed by atoms with Crippen molar-refractivity contribution in [1.29, 1.82) is 0 Å². The Morgan fingerprint density at radius 2 is 1.48 bits per heavy atom. The van der Waals surface area contributed by atoms with E-state index in [9.17, 15) is 9.59 Å². The number of aromatic nitrogens is 1. The first kappa shape index (κ1) is 21.0. The Morgan fingerprint density at radius 3 is 2.15 bits per heavy atom. The second kappa shape index (κ2) is 8.24. The predicted molar refractivity (Wildman–Crippen MR) is 126 cm³/mol. The van der Waals surface area contributed by atoms with Crippen LogP contribution in [0, 0.1) is 5.92 Å². The Kier molecular flexibility index (Phi) is 5.25. The summed E-state index contributed by atoms with van der Waals surface area (Å²) in [6, 6.07) is 26.1. The molecule has 1 N–H and O–H groups in total. The number of esters is 2. The molecule has 0 saturated carbocycles. The summed E-state index contributed by atoms with van der Waals surface area (Å²) in [6.45, 7) is 3.13. The van der Waals surface area contributed by atoms with Gasteiger partial charge in [-0.25, -0.2) is 0 Å². The van der Waals surface area contributed by atoms with E-state index >= 15 is 0 Å². The van der Waals surface area contributed by atoms with Gasteiger partial charge in [0, 0.05) is 36.9 Å². The van der Waals surface area contributed by atoms with E-state index in [0.29, 0.717) is 0 Å². The summed E-state index contributed by atoms with van der Waals surface area (Å²) in [6.07, 6.45) is 2.71. The highest BCUT2D eigenvalue weighted by molar-refractivity contribution is 5.99. The Bertz CT molecular complexity index is 1290. The van der Waals surface area contributed by atoms with Crippen LogP contribution in [0.15, 0.2) is 85.1 Å². The quantitative estimate of drug-likeness (QED) is 0.337. The molecule has 3 aromatic carbocycles. The average molecular weight is 440 g/mol. The normalized spacial score (nSPS) is 16.9. The lowest BCUT2D eigenvalue weighted by atomic mass is 9.80. The molecule has 1 aromatic heterocycles. The average Bonchev–Trinajstić information content (AvgIpc) is 3.19. The Hall–Kier alpha value is -3.86. The SMILES string of the molecule is CC1(C)OC(=O)C(C(c2ccccc2)c2c[nH]c3cc(Cc4ccccc4)ccc23)C(=O)O1. The zero-order chi connectivity index (χ0) is 23.0. The molecule has 166 valence electrons. The topological polar surface area (TPSA) is 68.4 Å². The van der Waals surface area contributed by atoms with Crippen LogP contribution in [0.2, 0.25) is 0 Å². The molecular weight excluding hydrogens is 414 g/mol. The van der Waals surface area contributed by atoms with E-state index in [2.05, 4.69) is 35.3 Å². The summed E-state index contributed by atoms with van der Waals surface area (Å²) in [5.41, 5.74) is 5.08. The van der Waals surface area contributed by atoms with Crippen LogP contribution in [0.3, 0.4) is 0 Å². The van der Waals surface area contributed by atoms with Crippen LogP contribution in [0.4, 0.5) is 0 Å². The van der Waals surface area contributed by atoms with Crippen molar-refractivity contribution in [2.24, 2.45) is 5.92 Å². The highest BCUT2D eigenvalue weighted by atomic mass is 16.7. The molecule has 1 atom stereocenters. The predicted octanol–water partition coefficient (Wildman–Crippen LogP) is 5.34. The number of ether oxygens (including phenoxy) is 2. The number of rotatable bonds is 5. The molecule has 1 saturated heterocycles. The fourth-order valence-electron chi connectivity index (χ4n) is 4.61. The minimum Gasteiger partial charge on any atom is -0.422 e.